The first-order chi connectivity index (χ1) is 22.5. The number of aryl methyl sites for hydroxylation is 1. The average Bonchev–Trinajstić information content (AvgIpc) is 3.07. The van der Waals surface area contributed by atoms with Gasteiger partial charge < -0.3 is 15.0 Å². The van der Waals surface area contributed by atoms with Gasteiger partial charge in [0.1, 0.15) is 27.6 Å². The van der Waals surface area contributed by atoms with Crippen molar-refractivity contribution in [1.29, 1.82) is 5.26 Å². The normalized spacial score (nSPS) is 26.4. The van der Waals surface area contributed by atoms with Crippen LogP contribution in [0.5, 0.6) is 0 Å². The van der Waals surface area contributed by atoms with Gasteiger partial charge in [-0.3, -0.25) is 9.36 Å². The van der Waals surface area contributed by atoms with Crippen molar-refractivity contribution in [2.45, 2.75) is 75.8 Å². The number of nitrogens with zero attached hydrogens (tertiary/aromatic N) is 5. The van der Waals surface area contributed by atoms with E-state index < -0.39 is 33.1 Å². The summed E-state index contributed by atoms with van der Waals surface area (Å²) < 4.78 is 63.8. The molecule has 6 heterocycles. The van der Waals surface area contributed by atoms with Crippen molar-refractivity contribution in [3.63, 3.8) is 0 Å². The van der Waals surface area contributed by atoms with Crippen LogP contribution >= 0.6 is 0 Å². The fraction of sp³-hybridized carbons (Fsp3) is 0.588. The number of halogens is 2. The molecule has 0 saturated carbocycles. The highest BCUT2D eigenvalue weighted by Crippen LogP contribution is 2.42. The number of pyridine rings is 1. The van der Waals surface area contributed by atoms with Crippen LogP contribution in [-0.2, 0) is 32.5 Å². The van der Waals surface area contributed by atoms with E-state index in [-0.39, 0.29) is 47.6 Å². The minimum Gasteiger partial charge on any atom is -0.381 e. The predicted octanol–water partition coefficient (Wildman–Crippen LogP) is 4.94. The third-order valence-corrected chi connectivity index (χ3v) is 11.9. The van der Waals surface area contributed by atoms with Gasteiger partial charge in [-0.1, -0.05) is 18.2 Å². The Morgan fingerprint density at radius 2 is 1.77 bits per heavy atom. The molecule has 10 nitrogen and oxygen atoms in total. The Bertz CT molecular complexity index is 1800. The number of benzene rings is 1. The first-order valence-corrected chi connectivity index (χ1v) is 18.4. The van der Waals surface area contributed by atoms with Crippen LogP contribution in [0.1, 0.15) is 74.6 Å². The zero-order valence-electron chi connectivity index (χ0n) is 26.8. The van der Waals surface area contributed by atoms with Crippen molar-refractivity contribution in [3.05, 3.63) is 63.7 Å². The molecule has 13 heteroatoms. The summed E-state index contributed by atoms with van der Waals surface area (Å²) in [6.45, 7) is 5.27. The molecule has 0 spiro atoms. The Hall–Kier alpha value is -3.47. The molecule has 7 rings (SSSR count). The molecular weight excluding hydrogens is 626 g/mol. The molecule has 2 fully saturated rings. The highest BCUT2D eigenvalue weighted by atomic mass is 32.2. The van der Waals surface area contributed by atoms with Crippen LogP contribution in [0.2, 0.25) is 0 Å². The number of nitrogens with one attached hydrogen (secondary N) is 1. The van der Waals surface area contributed by atoms with Crippen LogP contribution in [0.15, 0.2) is 41.5 Å². The second kappa shape index (κ2) is 13.6. The molecule has 1 atom stereocenters. The minimum absolute atomic E-state index is 0.00623. The van der Waals surface area contributed by atoms with E-state index in [1.54, 1.807) is 24.3 Å². The summed E-state index contributed by atoms with van der Waals surface area (Å²) in [6.07, 6.45) is 4.55. The number of rotatable bonds is 1. The molecule has 0 unspecified atom stereocenters. The lowest BCUT2D eigenvalue weighted by molar-refractivity contribution is -0.0856. The molecule has 0 radical (unpaired) electrons. The zero-order valence-corrected chi connectivity index (χ0v) is 27.6. The summed E-state index contributed by atoms with van der Waals surface area (Å²) in [6, 6.07) is 10.0. The minimum atomic E-state index is -3.31. The van der Waals surface area contributed by atoms with Gasteiger partial charge in [0.2, 0.25) is 0 Å². The maximum Gasteiger partial charge on any atom is 0.276 e. The number of hydrogen-bond acceptors (Lipinski definition) is 9. The zero-order chi connectivity index (χ0) is 33.2. The van der Waals surface area contributed by atoms with Gasteiger partial charge >= 0.3 is 0 Å². The molecule has 47 heavy (non-hydrogen) atoms. The summed E-state index contributed by atoms with van der Waals surface area (Å²) in [7, 11) is -3.31. The molecule has 1 aromatic carbocycles. The van der Waals surface area contributed by atoms with Crippen molar-refractivity contribution in [3.8, 4) is 6.07 Å². The highest BCUT2D eigenvalue weighted by molar-refractivity contribution is 7.91. The molecule has 2 aromatic heterocycles. The first kappa shape index (κ1) is 33.4. The molecule has 2 saturated heterocycles. The van der Waals surface area contributed by atoms with Crippen LogP contribution in [0.25, 0.3) is 11.0 Å². The van der Waals surface area contributed by atoms with Gasteiger partial charge in [-0.15, -0.1) is 0 Å². The SMILES string of the molecule is C[C@H]1Nc2ncnc3c2cc(C2(C#N)CCS(=O)(=O)CC2)c(=O)n3CCCOCCCCN2CCC(CC2)C(F)(F)c2cccc1c2. The number of hydrogen-bond donors (Lipinski definition) is 1. The Morgan fingerprint density at radius 1 is 1.02 bits per heavy atom. The van der Waals surface area contributed by atoms with Gasteiger partial charge in [-0.25, -0.2) is 27.2 Å². The number of sulfone groups is 1. The molecular formula is C34H42F2N6O4S. The molecule has 8 bridgehead atoms. The molecule has 252 valence electrons. The van der Waals surface area contributed by atoms with Gasteiger partial charge in [0.15, 0.2) is 0 Å². The third kappa shape index (κ3) is 6.91. The Labute approximate surface area is 274 Å². The van der Waals surface area contributed by atoms with Crippen LogP contribution in [0, 0.1) is 17.2 Å². The number of ether oxygens (including phenoxy) is 1. The predicted molar refractivity (Wildman–Crippen MR) is 175 cm³/mol. The largest absolute Gasteiger partial charge is 0.381 e. The lowest BCUT2D eigenvalue weighted by Crippen LogP contribution is -2.41. The van der Waals surface area contributed by atoms with Crippen molar-refractivity contribution >= 4 is 26.7 Å². The van der Waals surface area contributed by atoms with E-state index in [9.17, 15) is 18.5 Å². The molecule has 1 N–H and O–H groups in total. The number of piperidine rings is 1. The van der Waals surface area contributed by atoms with Crippen molar-refractivity contribution in [1.82, 2.24) is 19.4 Å². The van der Waals surface area contributed by atoms with Crippen LogP contribution in [0.4, 0.5) is 14.6 Å². The van der Waals surface area contributed by atoms with Crippen molar-refractivity contribution in [2.75, 3.05) is 49.7 Å². The number of aromatic nitrogens is 3. The maximum absolute atomic E-state index is 15.9. The van der Waals surface area contributed by atoms with Crippen molar-refractivity contribution in [2.24, 2.45) is 5.92 Å². The molecule has 4 aliphatic heterocycles. The summed E-state index contributed by atoms with van der Waals surface area (Å²) in [5.74, 6) is -3.69. The smallest absolute Gasteiger partial charge is 0.276 e. The van der Waals surface area contributed by atoms with E-state index in [0.717, 1.165) is 19.4 Å². The molecule has 0 aliphatic carbocycles. The average molecular weight is 669 g/mol. The number of anilines is 1. The van der Waals surface area contributed by atoms with E-state index >= 15 is 8.78 Å². The van der Waals surface area contributed by atoms with Crippen LogP contribution in [-0.4, -0.2) is 72.2 Å². The Balaban J connectivity index is 1.41. The van der Waals surface area contributed by atoms with Crippen molar-refractivity contribution < 1.29 is 21.9 Å². The summed E-state index contributed by atoms with van der Waals surface area (Å²) in [5.41, 5.74) is -0.432. The third-order valence-electron chi connectivity index (χ3n) is 10.2. The van der Waals surface area contributed by atoms with E-state index in [4.69, 9.17) is 4.74 Å². The van der Waals surface area contributed by atoms with E-state index in [0.29, 0.717) is 68.0 Å². The highest BCUT2D eigenvalue weighted by Gasteiger charge is 2.43. The van der Waals surface area contributed by atoms with Gasteiger partial charge in [-0.2, -0.15) is 5.26 Å². The van der Waals surface area contributed by atoms with Crippen LogP contribution in [0.3, 0.4) is 0 Å². The van der Waals surface area contributed by atoms with Gasteiger partial charge in [0.05, 0.1) is 28.4 Å². The summed E-state index contributed by atoms with van der Waals surface area (Å²) in [4.78, 5) is 25.3. The van der Waals surface area contributed by atoms with Gasteiger partial charge in [0, 0.05) is 42.8 Å². The Kier molecular flexibility index (Phi) is 9.65. The summed E-state index contributed by atoms with van der Waals surface area (Å²) >= 11 is 0. The van der Waals surface area contributed by atoms with E-state index in [1.165, 1.54) is 17.0 Å². The van der Waals surface area contributed by atoms with E-state index in [1.807, 2.05) is 6.92 Å². The Morgan fingerprint density at radius 3 is 2.51 bits per heavy atom. The monoisotopic (exact) mass is 668 g/mol. The number of fused-ring (bicyclic) bond motifs is 10. The second-order valence-corrected chi connectivity index (χ2v) is 15.5. The fourth-order valence-electron chi connectivity index (χ4n) is 7.20. The number of nitriles is 1. The molecule has 4 aliphatic rings. The van der Waals surface area contributed by atoms with Gasteiger partial charge in [-0.05, 0) is 89.2 Å². The molecule has 0 amide bonds. The lowest BCUT2D eigenvalue weighted by atomic mass is 9.77. The number of alkyl halides is 2. The summed E-state index contributed by atoms with van der Waals surface area (Å²) in [5, 5.41) is 14.2. The molecule has 3 aromatic rings. The standard InChI is InChI=1S/C34H42F2N6O4S/c1-24-25-6-4-7-27(20-25)34(35,36)26-8-14-41(15-9-26)12-2-3-16-46-17-5-13-42-31-28(30(40-24)38-23-39-31)21-29(32(42)43)33(22-37)10-18-47(44,45)19-11-33/h4,6-7,20-21,23-24,26H,2-3,5,8-19H2,1H3,(H,38,39,40)/t24-/m1/s1. The van der Waals surface area contributed by atoms with Gasteiger partial charge in [0.25, 0.3) is 11.5 Å². The first-order valence-electron chi connectivity index (χ1n) is 16.6. The van der Waals surface area contributed by atoms with E-state index in [2.05, 4.69) is 26.3 Å². The lowest BCUT2D eigenvalue weighted by Gasteiger charge is -2.36. The fourth-order valence-corrected chi connectivity index (χ4v) is 8.72. The topological polar surface area (TPSA) is 130 Å². The van der Waals surface area contributed by atoms with Crippen LogP contribution < -0.4 is 10.9 Å². The quantitative estimate of drug-likeness (QED) is 0.383. The second-order valence-electron chi connectivity index (χ2n) is 13.2. The maximum atomic E-state index is 15.9.